The molecule has 0 spiro atoms. The molecule has 9 heteroatoms. The van der Waals surface area contributed by atoms with Gasteiger partial charge >= 0.3 is 13.8 Å². The maximum absolute atomic E-state index is 12.7. The Morgan fingerprint density at radius 2 is 1.70 bits per heavy atom. The molecule has 3 rings (SSSR count). The molecule has 0 radical (unpaired) electrons. The largest absolute Gasteiger partial charge is 0.405 e. The minimum Gasteiger partial charge on any atom is -0.346 e. The predicted molar refractivity (Wildman–Crippen MR) is 121 cm³/mol. The molecule has 1 aliphatic carbocycles. The van der Waals surface area contributed by atoms with Crippen molar-refractivity contribution in [2.45, 2.75) is 32.4 Å². The summed E-state index contributed by atoms with van der Waals surface area (Å²) in [5, 5.41) is 2.02. The van der Waals surface area contributed by atoms with E-state index >= 15 is 0 Å². The molecule has 2 aromatic rings. The molecule has 178 valence electrons. The molecular weight excluding hydrogens is 454 g/mol. The second kappa shape index (κ2) is 10.7. The molecule has 1 N–H and O–H groups in total. The molecule has 0 aliphatic heterocycles. The Morgan fingerprint density at radius 1 is 1.03 bits per heavy atom. The third-order valence-corrected chi connectivity index (χ3v) is 7.21. The first-order valence-electron chi connectivity index (χ1n) is 10.8. The third kappa shape index (κ3) is 6.14. The summed E-state index contributed by atoms with van der Waals surface area (Å²) in [6.45, 7) is 2.70. The number of carbonyl (C=O) groups is 1. The highest BCUT2D eigenvalue weighted by atomic mass is 31.2. The lowest BCUT2D eigenvalue weighted by molar-refractivity contribution is -0.138. The Labute approximate surface area is 191 Å². The molecule has 2 aromatic carbocycles. The number of alkyl halides is 3. The summed E-state index contributed by atoms with van der Waals surface area (Å²) in [5.74, 6) is -1.49. The molecule has 1 atom stereocenters. The molecule has 0 saturated heterocycles. The van der Waals surface area contributed by atoms with E-state index in [4.69, 9.17) is 9.05 Å². The fraction of sp³-hybridized carbons (Fsp3) is 0.375. The van der Waals surface area contributed by atoms with Crippen LogP contribution in [0.1, 0.15) is 36.5 Å². The van der Waals surface area contributed by atoms with Crippen molar-refractivity contribution < 1.29 is 31.6 Å². The van der Waals surface area contributed by atoms with Crippen LogP contribution in [-0.2, 0) is 24.8 Å². The number of rotatable bonds is 10. The molecular formula is C24H27F3NO4P. The molecule has 5 nitrogen and oxygen atoms in total. The van der Waals surface area contributed by atoms with Gasteiger partial charge in [0, 0.05) is 0 Å². The van der Waals surface area contributed by atoms with Gasteiger partial charge in [-0.2, -0.15) is 13.2 Å². The van der Waals surface area contributed by atoms with Gasteiger partial charge in [-0.3, -0.25) is 9.36 Å². The summed E-state index contributed by atoms with van der Waals surface area (Å²) >= 11 is 0. The standard InChI is InChI=1S/C24H27F3NO4P/c1-3-31-33(30,32-4-2)15-8-7-10-17-11-9-14-20-21(17)18-12-5-6-13-19(18)22(20)23(29)28-16-24(25,26)27/h5-9,11-14,22H,3-4,10,15-16H2,1-2H3,(H,28,29). The molecule has 0 heterocycles. The van der Waals surface area contributed by atoms with E-state index in [1.807, 2.05) is 29.6 Å². The topological polar surface area (TPSA) is 64.6 Å². The number of amides is 1. The van der Waals surface area contributed by atoms with Gasteiger partial charge in [0.2, 0.25) is 5.91 Å². The fourth-order valence-electron chi connectivity index (χ4n) is 4.02. The summed E-state index contributed by atoms with van der Waals surface area (Å²) in [6, 6.07) is 12.7. The normalized spacial score (nSPS) is 15.5. The minimum atomic E-state index is -4.48. The molecule has 1 amide bonds. The monoisotopic (exact) mass is 481 g/mol. The minimum absolute atomic E-state index is 0.142. The SMILES string of the molecule is CCOP(=O)(CC=CCc1cccc2c1-c1ccccc1C2C(=O)NCC(F)(F)F)OCC. The van der Waals surface area contributed by atoms with E-state index in [0.29, 0.717) is 17.5 Å². The van der Waals surface area contributed by atoms with Crippen LogP contribution in [0, 0.1) is 0 Å². The van der Waals surface area contributed by atoms with Gasteiger partial charge in [0.25, 0.3) is 0 Å². The van der Waals surface area contributed by atoms with Crippen molar-refractivity contribution >= 4 is 13.5 Å². The quantitative estimate of drug-likeness (QED) is 0.342. The van der Waals surface area contributed by atoms with Crippen LogP contribution in [0.2, 0.25) is 0 Å². The highest BCUT2D eigenvalue weighted by Crippen LogP contribution is 2.48. The van der Waals surface area contributed by atoms with Crippen molar-refractivity contribution in [2.24, 2.45) is 0 Å². The summed E-state index contributed by atoms with van der Waals surface area (Å²) in [7, 11) is -3.19. The lowest BCUT2D eigenvalue weighted by atomic mass is 9.94. The van der Waals surface area contributed by atoms with Gasteiger partial charge in [0.05, 0.1) is 25.3 Å². The van der Waals surface area contributed by atoms with E-state index in [9.17, 15) is 22.5 Å². The van der Waals surface area contributed by atoms with E-state index < -0.39 is 32.1 Å². The number of halogens is 3. The molecule has 0 saturated carbocycles. The average molecular weight is 481 g/mol. The molecule has 0 bridgehead atoms. The van der Waals surface area contributed by atoms with Crippen LogP contribution < -0.4 is 5.32 Å². The third-order valence-electron chi connectivity index (χ3n) is 5.25. The van der Waals surface area contributed by atoms with E-state index in [1.165, 1.54) is 0 Å². The van der Waals surface area contributed by atoms with Crippen molar-refractivity contribution in [3.05, 3.63) is 71.3 Å². The van der Waals surface area contributed by atoms with Crippen LogP contribution in [0.5, 0.6) is 0 Å². The van der Waals surface area contributed by atoms with Crippen LogP contribution in [0.15, 0.2) is 54.6 Å². The molecule has 1 aliphatic rings. The van der Waals surface area contributed by atoms with Gasteiger partial charge in [-0.1, -0.05) is 54.6 Å². The van der Waals surface area contributed by atoms with E-state index in [-0.39, 0.29) is 19.4 Å². The summed E-state index contributed by atoms with van der Waals surface area (Å²) in [6.07, 6.45) is -0.235. The Morgan fingerprint density at radius 3 is 2.36 bits per heavy atom. The summed E-state index contributed by atoms with van der Waals surface area (Å²) in [5.41, 5.74) is 3.96. The van der Waals surface area contributed by atoms with Crippen molar-refractivity contribution in [1.82, 2.24) is 5.32 Å². The van der Waals surface area contributed by atoms with Gasteiger partial charge in [0.15, 0.2) is 0 Å². The number of hydrogen-bond donors (Lipinski definition) is 1. The van der Waals surface area contributed by atoms with Gasteiger partial charge < -0.3 is 14.4 Å². The van der Waals surface area contributed by atoms with Crippen LogP contribution in [-0.4, -0.2) is 38.0 Å². The lowest BCUT2D eigenvalue weighted by Crippen LogP contribution is -2.36. The Kier molecular flexibility index (Phi) is 8.16. The second-order valence-electron chi connectivity index (χ2n) is 7.54. The van der Waals surface area contributed by atoms with Gasteiger partial charge in [-0.05, 0) is 48.1 Å². The Bertz CT molecular complexity index is 1060. The lowest BCUT2D eigenvalue weighted by Gasteiger charge is -2.15. The molecule has 33 heavy (non-hydrogen) atoms. The van der Waals surface area contributed by atoms with Gasteiger partial charge in [0.1, 0.15) is 6.54 Å². The summed E-state index contributed by atoms with van der Waals surface area (Å²) in [4.78, 5) is 12.7. The maximum Gasteiger partial charge on any atom is 0.405 e. The maximum atomic E-state index is 12.7. The molecule has 0 fully saturated rings. The first kappa shape index (κ1) is 25.2. The van der Waals surface area contributed by atoms with Crippen LogP contribution in [0.4, 0.5) is 13.2 Å². The molecule has 1 unspecified atom stereocenters. The number of fused-ring (bicyclic) bond motifs is 3. The second-order valence-corrected chi connectivity index (χ2v) is 9.64. The first-order chi connectivity index (χ1) is 15.7. The Hall–Kier alpha value is -2.41. The van der Waals surface area contributed by atoms with Crippen molar-refractivity contribution in [1.29, 1.82) is 0 Å². The van der Waals surface area contributed by atoms with Crippen molar-refractivity contribution in [3.63, 3.8) is 0 Å². The highest BCUT2D eigenvalue weighted by molar-refractivity contribution is 7.54. The van der Waals surface area contributed by atoms with Crippen LogP contribution >= 0.6 is 7.60 Å². The zero-order valence-corrected chi connectivity index (χ0v) is 19.4. The fourth-order valence-corrected chi connectivity index (χ4v) is 5.50. The number of benzene rings is 2. The Balaban J connectivity index is 1.85. The number of nitrogens with one attached hydrogen (secondary N) is 1. The summed E-state index contributed by atoms with van der Waals surface area (Å²) < 4.78 is 61.1. The molecule has 0 aromatic heterocycles. The number of carbonyl (C=O) groups excluding carboxylic acids is 1. The zero-order valence-electron chi connectivity index (χ0n) is 18.5. The van der Waals surface area contributed by atoms with Gasteiger partial charge in [-0.15, -0.1) is 0 Å². The van der Waals surface area contributed by atoms with Crippen LogP contribution in [0.3, 0.4) is 0 Å². The highest BCUT2D eigenvalue weighted by Gasteiger charge is 2.36. The predicted octanol–water partition coefficient (Wildman–Crippen LogP) is 5.84. The smallest absolute Gasteiger partial charge is 0.346 e. The number of allylic oxidation sites excluding steroid dienone is 2. The van der Waals surface area contributed by atoms with E-state index in [2.05, 4.69) is 0 Å². The first-order valence-corrected chi connectivity index (χ1v) is 12.5. The average Bonchev–Trinajstić information content (AvgIpc) is 3.10. The van der Waals surface area contributed by atoms with E-state index in [1.54, 1.807) is 44.2 Å². The van der Waals surface area contributed by atoms with Crippen molar-refractivity contribution in [3.8, 4) is 11.1 Å². The van der Waals surface area contributed by atoms with Crippen molar-refractivity contribution in [2.75, 3.05) is 25.9 Å². The van der Waals surface area contributed by atoms with Gasteiger partial charge in [-0.25, -0.2) is 0 Å². The zero-order chi connectivity index (χ0) is 24.1. The van der Waals surface area contributed by atoms with Crippen LogP contribution in [0.25, 0.3) is 11.1 Å². The van der Waals surface area contributed by atoms with E-state index in [0.717, 1.165) is 16.7 Å². The number of hydrogen-bond acceptors (Lipinski definition) is 4.